The Bertz CT molecular complexity index is 584. The Labute approximate surface area is 122 Å². The summed E-state index contributed by atoms with van der Waals surface area (Å²) in [5.41, 5.74) is 1.26. The van der Waals surface area contributed by atoms with E-state index in [9.17, 15) is 4.79 Å². The van der Waals surface area contributed by atoms with Crippen molar-refractivity contribution in [1.29, 1.82) is 0 Å². The minimum atomic E-state index is -0.152. The molecule has 0 spiro atoms. The van der Waals surface area contributed by atoms with E-state index in [2.05, 4.69) is 0 Å². The molecule has 0 saturated heterocycles. The van der Waals surface area contributed by atoms with Gasteiger partial charge in [0.15, 0.2) is 0 Å². The first kappa shape index (κ1) is 13.9. The first-order valence-corrected chi connectivity index (χ1v) is 6.71. The first-order valence-electron chi connectivity index (χ1n) is 5.96. The standard InChI is InChI=1S/C15H13Cl2NO/c1-2-18(11-7-4-3-5-8-11)15(19)12-9-6-10-13(16)14(12)17/h3-10H,2H2,1H3. The summed E-state index contributed by atoms with van der Waals surface area (Å²) in [5.74, 6) is -0.152. The van der Waals surface area contributed by atoms with Gasteiger partial charge in [0.05, 0.1) is 15.6 Å². The molecule has 0 bridgehead atoms. The van der Waals surface area contributed by atoms with E-state index in [0.29, 0.717) is 22.2 Å². The molecular weight excluding hydrogens is 281 g/mol. The van der Waals surface area contributed by atoms with E-state index in [4.69, 9.17) is 23.2 Å². The van der Waals surface area contributed by atoms with Crippen LogP contribution in [0, 0.1) is 0 Å². The van der Waals surface area contributed by atoms with Crippen molar-refractivity contribution in [3.63, 3.8) is 0 Å². The number of anilines is 1. The lowest BCUT2D eigenvalue weighted by Crippen LogP contribution is -2.30. The molecule has 0 N–H and O–H groups in total. The van der Waals surface area contributed by atoms with Gasteiger partial charge in [-0.1, -0.05) is 47.5 Å². The van der Waals surface area contributed by atoms with Crippen molar-refractivity contribution in [2.45, 2.75) is 6.92 Å². The largest absolute Gasteiger partial charge is 0.309 e. The van der Waals surface area contributed by atoms with Crippen LogP contribution in [-0.2, 0) is 0 Å². The number of nitrogens with zero attached hydrogens (tertiary/aromatic N) is 1. The van der Waals surface area contributed by atoms with E-state index >= 15 is 0 Å². The number of benzene rings is 2. The topological polar surface area (TPSA) is 20.3 Å². The zero-order valence-corrected chi connectivity index (χ0v) is 11.9. The normalized spacial score (nSPS) is 10.3. The van der Waals surface area contributed by atoms with Crippen LogP contribution in [0.15, 0.2) is 48.5 Å². The lowest BCUT2D eigenvalue weighted by atomic mass is 10.1. The molecule has 0 atom stereocenters. The fourth-order valence-electron chi connectivity index (χ4n) is 1.87. The van der Waals surface area contributed by atoms with Gasteiger partial charge in [-0.05, 0) is 31.2 Å². The van der Waals surface area contributed by atoms with Crippen LogP contribution in [0.5, 0.6) is 0 Å². The second-order valence-corrected chi connectivity index (χ2v) is 4.77. The molecule has 1 amide bonds. The molecule has 0 aromatic heterocycles. The smallest absolute Gasteiger partial charge is 0.259 e. The zero-order chi connectivity index (χ0) is 13.8. The van der Waals surface area contributed by atoms with Gasteiger partial charge in [-0.15, -0.1) is 0 Å². The molecule has 2 nitrogen and oxygen atoms in total. The van der Waals surface area contributed by atoms with Gasteiger partial charge in [0.2, 0.25) is 0 Å². The predicted molar refractivity (Wildman–Crippen MR) is 80.3 cm³/mol. The SMILES string of the molecule is CCN(C(=O)c1cccc(Cl)c1Cl)c1ccccc1. The summed E-state index contributed by atoms with van der Waals surface area (Å²) in [7, 11) is 0. The molecule has 2 rings (SSSR count). The van der Waals surface area contributed by atoms with Gasteiger partial charge in [-0.2, -0.15) is 0 Å². The fourth-order valence-corrected chi connectivity index (χ4v) is 2.25. The molecule has 2 aromatic rings. The third-order valence-corrected chi connectivity index (χ3v) is 3.63. The summed E-state index contributed by atoms with van der Waals surface area (Å²) >= 11 is 12.0. The molecule has 0 aliphatic carbocycles. The molecular formula is C15H13Cl2NO. The fraction of sp³-hybridized carbons (Fsp3) is 0.133. The van der Waals surface area contributed by atoms with Gasteiger partial charge in [-0.3, -0.25) is 4.79 Å². The molecule has 0 fully saturated rings. The minimum absolute atomic E-state index is 0.152. The lowest BCUT2D eigenvalue weighted by molar-refractivity contribution is 0.0988. The number of halogens is 2. The third-order valence-electron chi connectivity index (χ3n) is 2.81. The molecule has 0 unspecified atom stereocenters. The number of para-hydroxylation sites is 1. The van der Waals surface area contributed by atoms with E-state index in [1.807, 2.05) is 37.3 Å². The Morgan fingerprint density at radius 2 is 1.74 bits per heavy atom. The van der Waals surface area contributed by atoms with Gasteiger partial charge in [0, 0.05) is 12.2 Å². The van der Waals surface area contributed by atoms with Crippen LogP contribution in [0.4, 0.5) is 5.69 Å². The molecule has 0 aliphatic heterocycles. The summed E-state index contributed by atoms with van der Waals surface area (Å²) in [5, 5.41) is 0.681. The van der Waals surface area contributed by atoms with Crippen LogP contribution in [0.1, 0.15) is 17.3 Å². The first-order chi connectivity index (χ1) is 9.15. The molecule has 0 saturated carbocycles. The van der Waals surface area contributed by atoms with Crippen LogP contribution >= 0.6 is 23.2 Å². The number of amides is 1. The van der Waals surface area contributed by atoms with Crippen molar-refractivity contribution in [3.05, 3.63) is 64.1 Å². The Morgan fingerprint density at radius 1 is 1.05 bits per heavy atom. The quantitative estimate of drug-likeness (QED) is 0.806. The number of carbonyl (C=O) groups is 1. The van der Waals surface area contributed by atoms with Crippen LogP contribution in [0.25, 0.3) is 0 Å². The molecule has 2 aromatic carbocycles. The van der Waals surface area contributed by atoms with Crippen molar-refractivity contribution in [2.24, 2.45) is 0 Å². The number of hydrogen-bond donors (Lipinski definition) is 0. The van der Waals surface area contributed by atoms with Crippen LogP contribution < -0.4 is 4.90 Å². The second kappa shape index (κ2) is 6.09. The van der Waals surface area contributed by atoms with Gasteiger partial charge >= 0.3 is 0 Å². The third kappa shape index (κ3) is 2.91. The molecule has 98 valence electrons. The lowest BCUT2D eigenvalue weighted by Gasteiger charge is -2.21. The van der Waals surface area contributed by atoms with Gasteiger partial charge < -0.3 is 4.90 Å². The summed E-state index contributed by atoms with van der Waals surface area (Å²) in [6.07, 6.45) is 0. The van der Waals surface area contributed by atoms with E-state index in [-0.39, 0.29) is 5.91 Å². The van der Waals surface area contributed by atoms with Crippen molar-refractivity contribution in [1.82, 2.24) is 0 Å². The van der Waals surface area contributed by atoms with Crippen molar-refractivity contribution < 1.29 is 4.79 Å². The molecule has 0 aliphatic rings. The summed E-state index contributed by atoms with van der Waals surface area (Å²) < 4.78 is 0. The molecule has 0 heterocycles. The maximum atomic E-state index is 12.5. The summed E-state index contributed by atoms with van der Waals surface area (Å²) in [6.45, 7) is 2.48. The molecule has 19 heavy (non-hydrogen) atoms. The molecule has 0 radical (unpaired) electrons. The number of hydrogen-bond acceptors (Lipinski definition) is 1. The predicted octanol–water partition coefficient (Wildman–Crippen LogP) is 4.66. The monoisotopic (exact) mass is 293 g/mol. The Hall–Kier alpha value is -1.51. The Kier molecular flexibility index (Phi) is 4.46. The van der Waals surface area contributed by atoms with Crippen molar-refractivity contribution in [3.8, 4) is 0 Å². The summed E-state index contributed by atoms with van der Waals surface area (Å²) in [4.78, 5) is 14.2. The average molecular weight is 294 g/mol. The second-order valence-electron chi connectivity index (χ2n) is 3.99. The highest BCUT2D eigenvalue weighted by Crippen LogP contribution is 2.27. The number of rotatable bonds is 3. The van der Waals surface area contributed by atoms with Crippen molar-refractivity contribution >= 4 is 34.8 Å². The van der Waals surface area contributed by atoms with Crippen LogP contribution in [0.3, 0.4) is 0 Å². The molecule has 4 heteroatoms. The van der Waals surface area contributed by atoms with Crippen LogP contribution in [0.2, 0.25) is 10.0 Å². The maximum Gasteiger partial charge on any atom is 0.259 e. The van der Waals surface area contributed by atoms with Gasteiger partial charge in [0.1, 0.15) is 0 Å². The van der Waals surface area contributed by atoms with E-state index in [1.165, 1.54) is 0 Å². The minimum Gasteiger partial charge on any atom is -0.309 e. The maximum absolute atomic E-state index is 12.5. The van der Waals surface area contributed by atoms with Crippen molar-refractivity contribution in [2.75, 3.05) is 11.4 Å². The summed E-state index contributed by atoms with van der Waals surface area (Å²) in [6, 6.07) is 14.5. The van der Waals surface area contributed by atoms with Gasteiger partial charge in [0.25, 0.3) is 5.91 Å². The average Bonchev–Trinajstić information content (AvgIpc) is 2.44. The highest BCUT2D eigenvalue weighted by Gasteiger charge is 2.19. The Balaban J connectivity index is 2.39. The van der Waals surface area contributed by atoms with Gasteiger partial charge in [-0.25, -0.2) is 0 Å². The Morgan fingerprint density at radius 3 is 2.37 bits per heavy atom. The zero-order valence-electron chi connectivity index (χ0n) is 10.4. The number of carbonyl (C=O) groups excluding carboxylic acids is 1. The van der Waals surface area contributed by atoms with E-state index in [1.54, 1.807) is 23.1 Å². The highest BCUT2D eigenvalue weighted by molar-refractivity contribution is 6.44. The highest BCUT2D eigenvalue weighted by atomic mass is 35.5. The van der Waals surface area contributed by atoms with E-state index < -0.39 is 0 Å². The van der Waals surface area contributed by atoms with E-state index in [0.717, 1.165) is 5.69 Å². The van der Waals surface area contributed by atoms with Crippen LogP contribution in [-0.4, -0.2) is 12.5 Å².